The largest absolute Gasteiger partial charge is 0.393 e. The van der Waals surface area contributed by atoms with Crippen molar-refractivity contribution in [2.75, 3.05) is 0 Å². The third-order valence-corrected chi connectivity index (χ3v) is 2.39. The molecule has 0 aromatic rings. The van der Waals surface area contributed by atoms with Gasteiger partial charge >= 0.3 is 0 Å². The van der Waals surface area contributed by atoms with E-state index in [-0.39, 0.29) is 6.10 Å². The van der Waals surface area contributed by atoms with E-state index in [2.05, 4.69) is 13.8 Å². The van der Waals surface area contributed by atoms with Crippen LogP contribution in [-0.2, 0) is 0 Å². The van der Waals surface area contributed by atoms with Crippen LogP contribution in [0.3, 0.4) is 0 Å². The average molecular weight is 128 g/mol. The summed E-state index contributed by atoms with van der Waals surface area (Å²) in [6.07, 6.45) is 3.32. The van der Waals surface area contributed by atoms with Crippen LogP contribution in [0.2, 0.25) is 0 Å². The fourth-order valence-electron chi connectivity index (χ4n) is 1.60. The van der Waals surface area contributed by atoms with Gasteiger partial charge in [0.25, 0.3) is 0 Å². The van der Waals surface area contributed by atoms with Crippen LogP contribution in [0.5, 0.6) is 0 Å². The first-order valence-corrected chi connectivity index (χ1v) is 3.88. The fourth-order valence-corrected chi connectivity index (χ4v) is 1.60. The molecule has 54 valence electrons. The summed E-state index contributed by atoms with van der Waals surface area (Å²) in [5.41, 5.74) is 0. The van der Waals surface area contributed by atoms with Crippen LogP contribution in [0.25, 0.3) is 0 Å². The second kappa shape index (κ2) is 2.70. The van der Waals surface area contributed by atoms with Gasteiger partial charge < -0.3 is 5.11 Å². The van der Waals surface area contributed by atoms with Gasteiger partial charge in [-0.15, -0.1) is 0 Å². The van der Waals surface area contributed by atoms with Crippen LogP contribution in [0, 0.1) is 11.8 Å². The van der Waals surface area contributed by atoms with Gasteiger partial charge in [0.1, 0.15) is 0 Å². The minimum atomic E-state index is 0.0115. The topological polar surface area (TPSA) is 20.2 Å². The van der Waals surface area contributed by atoms with Gasteiger partial charge in [-0.3, -0.25) is 0 Å². The summed E-state index contributed by atoms with van der Waals surface area (Å²) in [6, 6.07) is 0. The summed E-state index contributed by atoms with van der Waals surface area (Å²) >= 11 is 0. The lowest BCUT2D eigenvalue weighted by Gasteiger charge is -2.12. The summed E-state index contributed by atoms with van der Waals surface area (Å²) in [4.78, 5) is 0. The number of hydrogen-bond acceptors (Lipinski definition) is 1. The highest BCUT2D eigenvalue weighted by Crippen LogP contribution is 2.30. The van der Waals surface area contributed by atoms with Gasteiger partial charge in [0.2, 0.25) is 0 Å². The Hall–Kier alpha value is -0.0400. The van der Waals surface area contributed by atoms with E-state index >= 15 is 0 Å². The van der Waals surface area contributed by atoms with Crippen LogP contribution >= 0.6 is 0 Å². The molecule has 0 saturated heterocycles. The minimum absolute atomic E-state index is 0.0115. The summed E-state index contributed by atoms with van der Waals surface area (Å²) in [5.74, 6) is 1.56. The zero-order chi connectivity index (χ0) is 6.85. The molecule has 9 heavy (non-hydrogen) atoms. The van der Waals surface area contributed by atoms with Crippen LogP contribution < -0.4 is 0 Å². The van der Waals surface area contributed by atoms with Gasteiger partial charge in [-0.25, -0.2) is 0 Å². The fraction of sp³-hybridized carbons (Fsp3) is 1.00. The normalized spacial score (nSPS) is 36.0. The summed E-state index contributed by atoms with van der Waals surface area (Å²) in [6.45, 7) is 4.48. The van der Waals surface area contributed by atoms with Crippen LogP contribution in [0.1, 0.15) is 33.1 Å². The van der Waals surface area contributed by atoms with Gasteiger partial charge in [-0.05, 0) is 31.1 Å². The molecule has 0 amide bonds. The smallest absolute Gasteiger partial charge is 0.0543 e. The molecule has 0 bridgehead atoms. The molecule has 1 saturated carbocycles. The highest BCUT2D eigenvalue weighted by Gasteiger charge is 2.24. The average Bonchev–Trinajstić information content (AvgIpc) is 2.14. The predicted molar refractivity (Wildman–Crippen MR) is 38.2 cm³/mol. The zero-order valence-corrected chi connectivity index (χ0v) is 6.30. The lowest BCUT2D eigenvalue weighted by atomic mass is 9.95. The van der Waals surface area contributed by atoms with Gasteiger partial charge in [0.15, 0.2) is 0 Å². The third kappa shape index (κ3) is 1.68. The third-order valence-electron chi connectivity index (χ3n) is 2.39. The molecule has 1 rings (SSSR count). The van der Waals surface area contributed by atoms with Crippen molar-refractivity contribution in [2.45, 2.75) is 39.2 Å². The molecular weight excluding hydrogens is 112 g/mol. The first-order chi connectivity index (χ1) is 4.20. The van der Waals surface area contributed by atoms with Crippen molar-refractivity contribution >= 4 is 0 Å². The highest BCUT2D eigenvalue weighted by atomic mass is 16.3. The first-order valence-electron chi connectivity index (χ1n) is 3.88. The molecule has 2 atom stereocenters. The van der Waals surface area contributed by atoms with Crippen LogP contribution in [0.15, 0.2) is 0 Å². The van der Waals surface area contributed by atoms with E-state index in [4.69, 9.17) is 5.11 Å². The van der Waals surface area contributed by atoms with E-state index in [1.54, 1.807) is 0 Å². The maximum absolute atomic E-state index is 9.15. The maximum atomic E-state index is 9.15. The number of aliphatic hydroxyl groups excluding tert-OH is 1. The molecule has 0 aromatic heterocycles. The Bertz CT molecular complexity index is 88.6. The van der Waals surface area contributed by atoms with Crippen molar-refractivity contribution in [3.8, 4) is 0 Å². The minimum Gasteiger partial charge on any atom is -0.393 e. The molecule has 0 spiro atoms. The molecule has 0 aliphatic heterocycles. The second-order valence-electron chi connectivity index (χ2n) is 3.47. The molecule has 1 nitrogen and oxygen atoms in total. The van der Waals surface area contributed by atoms with E-state index in [0.717, 1.165) is 24.7 Å². The summed E-state index contributed by atoms with van der Waals surface area (Å²) in [7, 11) is 0. The molecule has 1 aliphatic carbocycles. The lowest BCUT2D eigenvalue weighted by Crippen LogP contribution is -2.05. The summed E-state index contributed by atoms with van der Waals surface area (Å²) in [5, 5.41) is 9.15. The van der Waals surface area contributed by atoms with Crippen molar-refractivity contribution in [3.05, 3.63) is 0 Å². The van der Waals surface area contributed by atoms with Crippen molar-refractivity contribution in [1.82, 2.24) is 0 Å². The quantitative estimate of drug-likeness (QED) is 0.571. The molecule has 0 unspecified atom stereocenters. The monoisotopic (exact) mass is 128 g/mol. The van der Waals surface area contributed by atoms with E-state index in [1.165, 1.54) is 6.42 Å². The maximum Gasteiger partial charge on any atom is 0.0543 e. The Kier molecular flexibility index (Phi) is 2.12. The SMILES string of the molecule is CC(C)[C@H]1CC[C@H](O)C1. The van der Waals surface area contributed by atoms with Gasteiger partial charge in [0, 0.05) is 0 Å². The highest BCUT2D eigenvalue weighted by molar-refractivity contribution is 4.76. The molecule has 0 radical (unpaired) electrons. The number of aliphatic hydroxyl groups is 1. The first kappa shape index (κ1) is 7.07. The molecule has 1 heteroatoms. The zero-order valence-electron chi connectivity index (χ0n) is 6.30. The molecular formula is C8H16O. The molecule has 0 heterocycles. The Morgan fingerprint density at radius 2 is 2.00 bits per heavy atom. The van der Waals surface area contributed by atoms with Gasteiger partial charge in [0.05, 0.1) is 6.10 Å². The Morgan fingerprint density at radius 1 is 1.33 bits per heavy atom. The van der Waals surface area contributed by atoms with E-state index in [9.17, 15) is 0 Å². The van der Waals surface area contributed by atoms with Crippen molar-refractivity contribution in [3.63, 3.8) is 0 Å². The lowest BCUT2D eigenvalue weighted by molar-refractivity contribution is 0.173. The van der Waals surface area contributed by atoms with E-state index in [0.29, 0.717) is 0 Å². The van der Waals surface area contributed by atoms with Crippen molar-refractivity contribution in [1.29, 1.82) is 0 Å². The van der Waals surface area contributed by atoms with Gasteiger partial charge in [-0.2, -0.15) is 0 Å². The van der Waals surface area contributed by atoms with Gasteiger partial charge in [-0.1, -0.05) is 13.8 Å². The van der Waals surface area contributed by atoms with Crippen LogP contribution in [-0.4, -0.2) is 11.2 Å². The Balaban J connectivity index is 2.30. The second-order valence-corrected chi connectivity index (χ2v) is 3.47. The number of rotatable bonds is 1. The van der Waals surface area contributed by atoms with Crippen molar-refractivity contribution in [2.24, 2.45) is 11.8 Å². The molecule has 1 aliphatic rings. The summed E-state index contributed by atoms with van der Waals surface area (Å²) < 4.78 is 0. The standard InChI is InChI=1S/C8H16O/c1-6(2)7-3-4-8(9)5-7/h6-9H,3-5H2,1-2H3/t7-,8-/m0/s1. The van der Waals surface area contributed by atoms with E-state index < -0.39 is 0 Å². The molecule has 0 aromatic carbocycles. The molecule has 1 N–H and O–H groups in total. The van der Waals surface area contributed by atoms with E-state index in [1.807, 2.05) is 0 Å². The Morgan fingerprint density at radius 3 is 2.22 bits per heavy atom. The van der Waals surface area contributed by atoms with Crippen LogP contribution in [0.4, 0.5) is 0 Å². The predicted octanol–water partition coefficient (Wildman–Crippen LogP) is 1.80. The van der Waals surface area contributed by atoms with Crippen molar-refractivity contribution < 1.29 is 5.11 Å². The molecule has 1 fully saturated rings. The Labute approximate surface area is 57.1 Å². The number of hydrogen-bond donors (Lipinski definition) is 1.